The van der Waals surface area contributed by atoms with Crippen LogP contribution >= 0.6 is 0 Å². The lowest BCUT2D eigenvalue weighted by atomic mass is 10.1. The van der Waals surface area contributed by atoms with Crippen molar-refractivity contribution in [1.82, 2.24) is 10.4 Å². The number of carbonyl (C=O) groups is 2. The molecule has 0 fully saturated rings. The van der Waals surface area contributed by atoms with Gasteiger partial charge in [0, 0.05) is 19.0 Å². The molecule has 0 aromatic carbocycles. The second-order valence-electron chi connectivity index (χ2n) is 4.25. The molecule has 0 spiro atoms. The molecule has 1 amide bonds. The fourth-order valence-electron chi connectivity index (χ4n) is 1.55. The van der Waals surface area contributed by atoms with E-state index in [1.165, 1.54) is 5.01 Å². The summed E-state index contributed by atoms with van der Waals surface area (Å²) in [5, 5.41) is 10.1. The van der Waals surface area contributed by atoms with E-state index in [0.717, 1.165) is 12.8 Å². The van der Waals surface area contributed by atoms with E-state index in [0.29, 0.717) is 19.5 Å². The number of hydrogen-bond acceptors (Lipinski definition) is 5. The zero-order valence-electron chi connectivity index (χ0n) is 10.9. The highest BCUT2D eigenvalue weighted by Crippen LogP contribution is 1.98. The molecular weight excluding hydrogens is 236 g/mol. The second-order valence-corrected chi connectivity index (χ2v) is 4.25. The molecule has 6 N–H and O–H groups in total. The van der Waals surface area contributed by atoms with Gasteiger partial charge in [-0.1, -0.05) is 6.92 Å². The summed E-state index contributed by atoms with van der Waals surface area (Å²) >= 11 is 0. The minimum absolute atomic E-state index is 0.180. The first-order valence-corrected chi connectivity index (χ1v) is 6.21. The van der Waals surface area contributed by atoms with Gasteiger partial charge in [-0.3, -0.25) is 15.0 Å². The van der Waals surface area contributed by atoms with Crippen molar-refractivity contribution in [2.75, 3.05) is 19.6 Å². The van der Waals surface area contributed by atoms with Crippen molar-refractivity contribution in [3.8, 4) is 0 Å². The van der Waals surface area contributed by atoms with Gasteiger partial charge >= 0.3 is 5.97 Å². The maximum absolute atomic E-state index is 11.6. The first kappa shape index (κ1) is 16.8. The highest BCUT2D eigenvalue weighted by Gasteiger charge is 2.14. The van der Waals surface area contributed by atoms with Gasteiger partial charge in [0.05, 0.1) is 0 Å². The Labute approximate surface area is 107 Å². The first-order valence-electron chi connectivity index (χ1n) is 6.21. The summed E-state index contributed by atoms with van der Waals surface area (Å²) in [5.74, 6) is -1.23. The van der Waals surface area contributed by atoms with Crippen molar-refractivity contribution in [2.24, 2.45) is 11.5 Å². The number of amides is 1. The smallest absolute Gasteiger partial charge is 0.319 e. The predicted molar refractivity (Wildman–Crippen MR) is 68.5 cm³/mol. The van der Waals surface area contributed by atoms with E-state index in [1.54, 1.807) is 0 Å². The highest BCUT2D eigenvalue weighted by molar-refractivity contribution is 5.76. The van der Waals surface area contributed by atoms with Crippen LogP contribution in [0.3, 0.4) is 0 Å². The summed E-state index contributed by atoms with van der Waals surface area (Å²) in [7, 11) is 0. The maximum atomic E-state index is 11.6. The molecule has 0 rings (SSSR count). The molecule has 0 saturated heterocycles. The average Bonchev–Trinajstić information content (AvgIpc) is 2.25. The third-order valence-corrected chi connectivity index (χ3v) is 2.33. The number of aliphatic carboxylic acids is 1. The Hall–Kier alpha value is -1.18. The molecule has 0 bridgehead atoms. The molecular formula is C11H24N4O3. The number of carboxylic acids is 1. The lowest BCUT2D eigenvalue weighted by Gasteiger charge is -2.21. The number of carboxylic acid groups (broad SMARTS) is 1. The zero-order chi connectivity index (χ0) is 14.0. The predicted octanol–water partition coefficient (Wildman–Crippen LogP) is -0.729. The largest absolute Gasteiger partial charge is 0.480 e. The molecule has 0 radical (unpaired) electrons. The number of hydrazine groups is 1. The van der Waals surface area contributed by atoms with E-state index in [9.17, 15) is 9.59 Å². The van der Waals surface area contributed by atoms with Crippen LogP contribution in [0.5, 0.6) is 0 Å². The molecule has 0 aromatic heterocycles. The van der Waals surface area contributed by atoms with Crippen molar-refractivity contribution >= 4 is 11.9 Å². The Balaban J connectivity index is 4.03. The van der Waals surface area contributed by atoms with E-state index in [4.69, 9.17) is 16.6 Å². The van der Waals surface area contributed by atoms with E-state index in [2.05, 4.69) is 5.43 Å². The summed E-state index contributed by atoms with van der Waals surface area (Å²) in [5.41, 5.74) is 13.7. The quantitative estimate of drug-likeness (QED) is 0.384. The first-order chi connectivity index (χ1) is 8.49. The number of nitrogens with zero attached hydrogens (tertiary/aromatic N) is 1. The van der Waals surface area contributed by atoms with Crippen molar-refractivity contribution in [1.29, 1.82) is 0 Å². The van der Waals surface area contributed by atoms with Gasteiger partial charge in [-0.15, -0.1) is 0 Å². The maximum Gasteiger partial charge on any atom is 0.319 e. The van der Waals surface area contributed by atoms with Crippen LogP contribution in [0, 0.1) is 0 Å². The van der Waals surface area contributed by atoms with Crippen LogP contribution in [-0.2, 0) is 9.59 Å². The Morgan fingerprint density at radius 1 is 1.44 bits per heavy atom. The average molecular weight is 260 g/mol. The Kier molecular flexibility index (Phi) is 9.17. The molecule has 0 unspecified atom stereocenters. The molecule has 0 aliphatic rings. The van der Waals surface area contributed by atoms with Crippen LogP contribution in [-0.4, -0.2) is 47.7 Å². The van der Waals surface area contributed by atoms with Gasteiger partial charge in [0.1, 0.15) is 6.54 Å². The van der Waals surface area contributed by atoms with Gasteiger partial charge in [-0.25, -0.2) is 5.01 Å². The van der Waals surface area contributed by atoms with Crippen molar-refractivity contribution in [3.05, 3.63) is 0 Å². The van der Waals surface area contributed by atoms with Crippen molar-refractivity contribution < 1.29 is 14.7 Å². The zero-order valence-corrected chi connectivity index (χ0v) is 10.9. The molecule has 0 saturated carbocycles. The fourth-order valence-corrected chi connectivity index (χ4v) is 1.55. The molecule has 0 aromatic rings. The van der Waals surface area contributed by atoms with Crippen molar-refractivity contribution in [3.63, 3.8) is 0 Å². The Morgan fingerprint density at radius 2 is 2.11 bits per heavy atom. The van der Waals surface area contributed by atoms with E-state index >= 15 is 0 Å². The molecule has 0 aliphatic heterocycles. The normalized spacial score (nSPS) is 12.4. The van der Waals surface area contributed by atoms with E-state index in [1.807, 2.05) is 6.92 Å². The molecule has 106 valence electrons. The molecule has 0 heterocycles. The van der Waals surface area contributed by atoms with Gasteiger partial charge in [-0.2, -0.15) is 0 Å². The minimum Gasteiger partial charge on any atom is -0.480 e. The second kappa shape index (κ2) is 9.81. The Morgan fingerprint density at radius 3 is 2.61 bits per heavy atom. The number of rotatable bonds is 10. The highest BCUT2D eigenvalue weighted by atomic mass is 16.4. The van der Waals surface area contributed by atoms with E-state index < -0.39 is 5.97 Å². The number of nitrogens with one attached hydrogen (secondary N) is 1. The number of nitrogens with two attached hydrogens (primary N) is 2. The Bertz CT molecular complexity index is 261. The topological polar surface area (TPSA) is 122 Å². The van der Waals surface area contributed by atoms with Crippen LogP contribution in [0.2, 0.25) is 0 Å². The van der Waals surface area contributed by atoms with Gasteiger partial charge in [-0.05, 0) is 25.8 Å². The SMILES string of the molecule is CCCN(CC(=O)O)NC(=O)C[C@@H](N)CCCN. The minimum atomic E-state index is -0.976. The molecule has 18 heavy (non-hydrogen) atoms. The lowest BCUT2D eigenvalue weighted by molar-refractivity contribution is -0.140. The van der Waals surface area contributed by atoms with Gasteiger partial charge in [0.15, 0.2) is 0 Å². The van der Waals surface area contributed by atoms with Crippen LogP contribution < -0.4 is 16.9 Å². The van der Waals surface area contributed by atoms with Crippen molar-refractivity contribution in [2.45, 2.75) is 38.6 Å². The number of carbonyl (C=O) groups excluding carboxylic acids is 1. The molecule has 7 heteroatoms. The third kappa shape index (κ3) is 8.91. The van der Waals surface area contributed by atoms with E-state index in [-0.39, 0.29) is 24.9 Å². The lowest BCUT2D eigenvalue weighted by Crippen LogP contribution is -2.46. The summed E-state index contributed by atoms with van der Waals surface area (Å²) in [6.07, 6.45) is 2.41. The monoisotopic (exact) mass is 260 g/mol. The number of hydrogen-bond donors (Lipinski definition) is 4. The summed E-state index contributed by atoms with van der Waals surface area (Å²) in [6, 6.07) is -0.234. The molecule has 1 atom stereocenters. The van der Waals surface area contributed by atoms with Gasteiger partial charge in [0.2, 0.25) is 5.91 Å². The summed E-state index contributed by atoms with van der Waals surface area (Å²) in [6.45, 7) is 2.75. The van der Waals surface area contributed by atoms with Crippen LogP contribution in [0.15, 0.2) is 0 Å². The van der Waals surface area contributed by atoms with Gasteiger partial charge in [0.25, 0.3) is 0 Å². The van der Waals surface area contributed by atoms with Gasteiger partial charge < -0.3 is 16.6 Å². The molecule has 7 nitrogen and oxygen atoms in total. The summed E-state index contributed by atoms with van der Waals surface area (Å²) in [4.78, 5) is 22.2. The third-order valence-electron chi connectivity index (χ3n) is 2.33. The fraction of sp³-hybridized carbons (Fsp3) is 0.818. The van der Waals surface area contributed by atoms with Crippen LogP contribution in [0.25, 0.3) is 0 Å². The standard InChI is InChI=1S/C11H24N4O3/c1-2-6-15(8-11(17)18)14-10(16)7-9(13)4-3-5-12/h9H,2-8,12-13H2,1H3,(H,14,16)(H,17,18)/t9-/m0/s1. The van der Waals surface area contributed by atoms with Crippen LogP contribution in [0.4, 0.5) is 0 Å². The molecule has 0 aliphatic carbocycles. The summed E-state index contributed by atoms with van der Waals surface area (Å²) < 4.78 is 0. The van der Waals surface area contributed by atoms with Crippen LogP contribution in [0.1, 0.15) is 32.6 Å².